The molecule has 1 heterocycles. The van der Waals surface area contributed by atoms with Crippen molar-refractivity contribution in [1.29, 1.82) is 0 Å². The Bertz CT molecular complexity index is 704. The summed E-state index contributed by atoms with van der Waals surface area (Å²) in [5.41, 5.74) is 2.06. The van der Waals surface area contributed by atoms with E-state index in [4.69, 9.17) is 18.9 Å². The molecule has 0 saturated carbocycles. The largest absolute Gasteiger partial charge is 0.394 e. The summed E-state index contributed by atoms with van der Waals surface area (Å²) in [5.74, 6) is 0. The third kappa shape index (κ3) is 8.69. The second-order valence-corrected chi connectivity index (χ2v) is 7.88. The van der Waals surface area contributed by atoms with Crippen LogP contribution in [0.15, 0.2) is 60.7 Å². The quantitative estimate of drug-likeness (QED) is 0.507. The monoisotopic (exact) mass is 430 g/mol. The molecule has 1 unspecified atom stereocenters. The van der Waals surface area contributed by atoms with Crippen LogP contribution in [0.3, 0.4) is 0 Å². The Hall–Kier alpha value is -1.80. The van der Waals surface area contributed by atoms with Crippen molar-refractivity contribution in [3.63, 3.8) is 0 Å². The Morgan fingerprint density at radius 3 is 2.23 bits per heavy atom. The highest BCUT2D eigenvalue weighted by atomic mass is 16.7. The van der Waals surface area contributed by atoms with Gasteiger partial charge >= 0.3 is 0 Å². The molecule has 1 aliphatic rings. The molecule has 3 rings (SSSR count). The standard InChI is InChI=1S/C25H34O6/c26-16-22(31-25-13-7-8-14-29-25)15-24(30-18-21-11-5-2-6-12-21)23(27)19-28-17-20-9-3-1-4-10-20/h1-6,9-12,22-27H,7-8,13-19H2/t22-,23-,24+,25?/m1/s1. The molecular weight excluding hydrogens is 396 g/mol. The van der Waals surface area contributed by atoms with Crippen LogP contribution in [0.4, 0.5) is 0 Å². The zero-order valence-electron chi connectivity index (χ0n) is 18.0. The molecule has 2 aromatic carbocycles. The Labute approximate surface area is 184 Å². The SMILES string of the molecule is OC[C@@H](C[C@H](OCc1ccccc1)[C@H](O)COCc1ccccc1)OC1CCCCO1. The molecule has 0 aliphatic carbocycles. The summed E-state index contributed by atoms with van der Waals surface area (Å²) < 4.78 is 23.4. The molecule has 31 heavy (non-hydrogen) atoms. The van der Waals surface area contributed by atoms with Gasteiger partial charge in [-0.3, -0.25) is 0 Å². The molecule has 2 N–H and O–H groups in total. The van der Waals surface area contributed by atoms with Crippen molar-refractivity contribution < 1.29 is 29.2 Å². The summed E-state index contributed by atoms with van der Waals surface area (Å²) in [6.45, 7) is 1.42. The highest BCUT2D eigenvalue weighted by molar-refractivity contribution is 5.14. The van der Waals surface area contributed by atoms with Crippen LogP contribution in [-0.4, -0.2) is 54.6 Å². The minimum Gasteiger partial charge on any atom is -0.394 e. The van der Waals surface area contributed by atoms with Crippen molar-refractivity contribution in [1.82, 2.24) is 0 Å². The lowest BCUT2D eigenvalue weighted by Gasteiger charge is -2.30. The van der Waals surface area contributed by atoms with Gasteiger partial charge in [-0.05, 0) is 30.4 Å². The predicted octanol–water partition coefficient (Wildman–Crippen LogP) is 3.44. The van der Waals surface area contributed by atoms with Crippen molar-refractivity contribution in [2.75, 3.05) is 19.8 Å². The second kappa shape index (κ2) is 13.6. The maximum absolute atomic E-state index is 10.8. The van der Waals surface area contributed by atoms with Crippen LogP contribution in [0.1, 0.15) is 36.8 Å². The lowest BCUT2D eigenvalue weighted by atomic mass is 10.1. The predicted molar refractivity (Wildman–Crippen MR) is 117 cm³/mol. The van der Waals surface area contributed by atoms with Crippen LogP contribution >= 0.6 is 0 Å². The zero-order chi connectivity index (χ0) is 21.7. The molecule has 1 fully saturated rings. The third-order valence-corrected chi connectivity index (χ3v) is 5.32. The minimum atomic E-state index is -0.850. The second-order valence-electron chi connectivity index (χ2n) is 7.88. The van der Waals surface area contributed by atoms with Gasteiger partial charge in [0.25, 0.3) is 0 Å². The van der Waals surface area contributed by atoms with E-state index in [-0.39, 0.29) is 19.5 Å². The van der Waals surface area contributed by atoms with E-state index in [2.05, 4.69) is 0 Å². The first kappa shape index (κ1) is 23.9. The molecule has 2 aromatic rings. The van der Waals surface area contributed by atoms with E-state index in [0.29, 0.717) is 26.2 Å². The first-order valence-corrected chi connectivity index (χ1v) is 11.1. The van der Waals surface area contributed by atoms with Crippen LogP contribution in [0.25, 0.3) is 0 Å². The summed E-state index contributed by atoms with van der Waals surface area (Å²) in [7, 11) is 0. The van der Waals surface area contributed by atoms with E-state index in [9.17, 15) is 10.2 Å². The Kier molecular flexibility index (Phi) is 10.4. The minimum absolute atomic E-state index is 0.131. The van der Waals surface area contributed by atoms with Gasteiger partial charge in [-0.25, -0.2) is 0 Å². The van der Waals surface area contributed by atoms with Crippen LogP contribution in [0, 0.1) is 0 Å². The molecule has 6 heteroatoms. The average molecular weight is 431 g/mol. The molecule has 6 nitrogen and oxygen atoms in total. The van der Waals surface area contributed by atoms with Crippen LogP contribution in [0.2, 0.25) is 0 Å². The van der Waals surface area contributed by atoms with Gasteiger partial charge in [0.1, 0.15) is 6.10 Å². The fraction of sp³-hybridized carbons (Fsp3) is 0.520. The summed E-state index contributed by atoms with van der Waals surface area (Å²) in [6.07, 6.45) is 1.05. The Balaban J connectivity index is 1.55. The van der Waals surface area contributed by atoms with E-state index in [0.717, 1.165) is 30.4 Å². The lowest BCUT2D eigenvalue weighted by Crippen LogP contribution is -2.39. The van der Waals surface area contributed by atoms with Crippen LogP contribution in [-0.2, 0) is 32.2 Å². The van der Waals surface area contributed by atoms with E-state index < -0.39 is 18.3 Å². The molecule has 0 spiro atoms. The summed E-state index contributed by atoms with van der Waals surface area (Å²) in [6, 6.07) is 19.6. The van der Waals surface area contributed by atoms with Gasteiger partial charge in [0, 0.05) is 13.0 Å². The normalized spacial score (nSPS) is 19.6. The van der Waals surface area contributed by atoms with Crippen molar-refractivity contribution in [3.05, 3.63) is 71.8 Å². The number of benzene rings is 2. The molecular formula is C25H34O6. The first-order valence-electron chi connectivity index (χ1n) is 11.1. The number of rotatable bonds is 13. The first-order chi connectivity index (χ1) is 15.2. The third-order valence-electron chi connectivity index (χ3n) is 5.32. The zero-order valence-corrected chi connectivity index (χ0v) is 18.0. The van der Waals surface area contributed by atoms with Gasteiger partial charge in [-0.15, -0.1) is 0 Å². The fourth-order valence-corrected chi connectivity index (χ4v) is 3.56. The molecule has 0 aromatic heterocycles. The molecule has 0 amide bonds. The number of ether oxygens (including phenoxy) is 4. The van der Waals surface area contributed by atoms with Gasteiger partial charge in [-0.1, -0.05) is 60.7 Å². The van der Waals surface area contributed by atoms with E-state index in [1.54, 1.807) is 0 Å². The number of aliphatic hydroxyl groups excluding tert-OH is 2. The smallest absolute Gasteiger partial charge is 0.158 e. The summed E-state index contributed by atoms with van der Waals surface area (Å²) in [5, 5.41) is 20.6. The van der Waals surface area contributed by atoms with E-state index in [1.807, 2.05) is 60.7 Å². The topological polar surface area (TPSA) is 77.4 Å². The highest BCUT2D eigenvalue weighted by Crippen LogP contribution is 2.20. The van der Waals surface area contributed by atoms with Gasteiger partial charge < -0.3 is 29.2 Å². The summed E-state index contributed by atoms with van der Waals surface area (Å²) in [4.78, 5) is 0. The van der Waals surface area contributed by atoms with Gasteiger partial charge in [-0.2, -0.15) is 0 Å². The van der Waals surface area contributed by atoms with Crippen molar-refractivity contribution in [2.45, 2.75) is 63.5 Å². The maximum Gasteiger partial charge on any atom is 0.158 e. The van der Waals surface area contributed by atoms with Crippen molar-refractivity contribution in [3.8, 4) is 0 Å². The van der Waals surface area contributed by atoms with Crippen molar-refractivity contribution >= 4 is 0 Å². The molecule has 170 valence electrons. The highest BCUT2D eigenvalue weighted by Gasteiger charge is 2.27. The summed E-state index contributed by atoms with van der Waals surface area (Å²) >= 11 is 0. The Morgan fingerprint density at radius 2 is 1.61 bits per heavy atom. The fourth-order valence-electron chi connectivity index (χ4n) is 3.56. The molecule has 4 atom stereocenters. The molecule has 1 aliphatic heterocycles. The number of hydrogen-bond acceptors (Lipinski definition) is 6. The number of aliphatic hydroxyl groups is 2. The van der Waals surface area contributed by atoms with E-state index >= 15 is 0 Å². The lowest BCUT2D eigenvalue weighted by molar-refractivity contribution is -0.205. The van der Waals surface area contributed by atoms with Crippen LogP contribution < -0.4 is 0 Å². The number of hydrogen-bond donors (Lipinski definition) is 2. The molecule has 0 bridgehead atoms. The maximum atomic E-state index is 10.8. The average Bonchev–Trinajstić information content (AvgIpc) is 2.83. The van der Waals surface area contributed by atoms with E-state index in [1.165, 1.54) is 0 Å². The van der Waals surface area contributed by atoms with Crippen molar-refractivity contribution in [2.24, 2.45) is 0 Å². The van der Waals surface area contributed by atoms with Gasteiger partial charge in [0.2, 0.25) is 0 Å². The van der Waals surface area contributed by atoms with Gasteiger partial charge in [0.05, 0.1) is 38.6 Å². The van der Waals surface area contributed by atoms with Gasteiger partial charge in [0.15, 0.2) is 6.29 Å². The Morgan fingerprint density at radius 1 is 0.935 bits per heavy atom. The van der Waals surface area contributed by atoms with Crippen LogP contribution in [0.5, 0.6) is 0 Å². The molecule has 0 radical (unpaired) electrons. The molecule has 1 saturated heterocycles.